The summed E-state index contributed by atoms with van der Waals surface area (Å²) in [6.45, 7) is 2.62. The molecule has 1 N–H and O–H groups in total. The van der Waals surface area contributed by atoms with E-state index in [-0.39, 0.29) is 18.2 Å². The van der Waals surface area contributed by atoms with E-state index in [9.17, 15) is 4.79 Å². The highest BCUT2D eigenvalue weighted by atomic mass is 16.5. The quantitative estimate of drug-likeness (QED) is 0.412. The number of pyridine rings is 1. The molecule has 170 valence electrons. The van der Waals surface area contributed by atoms with Crippen molar-refractivity contribution in [3.8, 4) is 11.5 Å². The molecule has 0 bridgehead atoms. The van der Waals surface area contributed by atoms with Crippen LogP contribution in [0, 0.1) is 6.92 Å². The Morgan fingerprint density at radius 3 is 2.45 bits per heavy atom. The van der Waals surface area contributed by atoms with Gasteiger partial charge in [-0.15, -0.1) is 0 Å². The number of nitrogens with one attached hydrogen (secondary N) is 1. The summed E-state index contributed by atoms with van der Waals surface area (Å²) < 4.78 is 13.0. The maximum absolute atomic E-state index is 13.0. The number of fused-ring (bicyclic) bond motifs is 1. The van der Waals surface area contributed by atoms with Crippen LogP contribution in [0.4, 0.5) is 0 Å². The second kappa shape index (κ2) is 10.2. The average molecular weight is 444 g/mol. The Labute approximate surface area is 194 Å². The molecule has 0 aliphatic heterocycles. The lowest BCUT2D eigenvalue weighted by molar-refractivity contribution is -0.121. The molecule has 4 rings (SSSR count). The number of hydrogen-bond donors (Lipinski definition) is 1. The monoisotopic (exact) mass is 443 g/mol. The Morgan fingerprint density at radius 2 is 1.76 bits per heavy atom. The van der Waals surface area contributed by atoms with Gasteiger partial charge < -0.3 is 19.2 Å². The predicted octanol–water partition coefficient (Wildman–Crippen LogP) is 4.54. The summed E-state index contributed by atoms with van der Waals surface area (Å²) in [7, 11) is 3.25. The molecular formula is C27H29N3O3. The molecule has 0 saturated carbocycles. The van der Waals surface area contributed by atoms with Crippen molar-refractivity contribution in [2.75, 3.05) is 20.8 Å². The van der Waals surface area contributed by atoms with Crippen LogP contribution in [0.25, 0.3) is 5.65 Å². The molecule has 0 aliphatic rings. The van der Waals surface area contributed by atoms with Gasteiger partial charge in [-0.2, -0.15) is 0 Å². The first-order valence-corrected chi connectivity index (χ1v) is 11.0. The van der Waals surface area contributed by atoms with E-state index in [0.717, 1.165) is 28.9 Å². The number of rotatable bonds is 9. The fourth-order valence-electron chi connectivity index (χ4n) is 4.10. The van der Waals surface area contributed by atoms with E-state index in [2.05, 4.69) is 26.8 Å². The van der Waals surface area contributed by atoms with Gasteiger partial charge in [0.15, 0.2) is 0 Å². The third kappa shape index (κ3) is 5.17. The van der Waals surface area contributed by atoms with Crippen molar-refractivity contribution in [2.45, 2.75) is 25.7 Å². The highest BCUT2D eigenvalue weighted by Gasteiger charge is 2.23. The smallest absolute Gasteiger partial charge is 0.221 e. The zero-order valence-corrected chi connectivity index (χ0v) is 19.2. The van der Waals surface area contributed by atoms with Gasteiger partial charge in [-0.05, 0) is 48.2 Å². The molecule has 2 aromatic carbocycles. The van der Waals surface area contributed by atoms with E-state index in [1.807, 2.05) is 67.8 Å². The molecule has 0 fully saturated rings. The van der Waals surface area contributed by atoms with Crippen LogP contribution in [0.3, 0.4) is 0 Å². The SMILES string of the molecule is COc1cc(OC)cc(C(CC(=O)NCCc2ccccc2)c2cnc3c(C)cccn23)c1. The number of ether oxygens (including phenoxy) is 2. The topological polar surface area (TPSA) is 64.9 Å². The molecule has 33 heavy (non-hydrogen) atoms. The van der Waals surface area contributed by atoms with Crippen molar-refractivity contribution >= 4 is 11.6 Å². The van der Waals surface area contributed by atoms with Crippen molar-refractivity contribution in [1.82, 2.24) is 14.7 Å². The van der Waals surface area contributed by atoms with Crippen LogP contribution in [0.2, 0.25) is 0 Å². The number of carbonyl (C=O) groups excluding carboxylic acids is 1. The minimum absolute atomic E-state index is 0.0136. The van der Waals surface area contributed by atoms with Gasteiger partial charge in [0.25, 0.3) is 0 Å². The highest BCUT2D eigenvalue weighted by Crippen LogP contribution is 2.34. The molecule has 6 nitrogen and oxygen atoms in total. The van der Waals surface area contributed by atoms with Gasteiger partial charge in [0.05, 0.1) is 19.9 Å². The Hall–Kier alpha value is -3.80. The van der Waals surface area contributed by atoms with E-state index in [0.29, 0.717) is 18.0 Å². The van der Waals surface area contributed by atoms with Gasteiger partial charge >= 0.3 is 0 Å². The highest BCUT2D eigenvalue weighted by molar-refractivity contribution is 5.77. The number of amides is 1. The molecule has 6 heteroatoms. The second-order valence-electron chi connectivity index (χ2n) is 8.06. The molecule has 0 spiro atoms. The standard InChI is InChI=1S/C27H29N3O3/c1-19-8-7-13-30-25(18-29-27(19)30)24(21-14-22(32-2)16-23(15-21)33-3)17-26(31)28-12-11-20-9-5-4-6-10-20/h4-10,13-16,18,24H,11-12,17H2,1-3H3,(H,28,31). The Balaban J connectivity index is 1.63. The van der Waals surface area contributed by atoms with Gasteiger partial charge in [0.1, 0.15) is 17.1 Å². The summed E-state index contributed by atoms with van der Waals surface area (Å²) in [6.07, 6.45) is 4.92. The minimum Gasteiger partial charge on any atom is -0.497 e. The lowest BCUT2D eigenvalue weighted by Crippen LogP contribution is -2.27. The van der Waals surface area contributed by atoms with Crippen molar-refractivity contribution in [1.29, 1.82) is 0 Å². The zero-order chi connectivity index (χ0) is 23.2. The van der Waals surface area contributed by atoms with Gasteiger partial charge in [0, 0.05) is 37.3 Å². The number of aryl methyl sites for hydroxylation is 1. The Bertz CT molecular complexity index is 1210. The average Bonchev–Trinajstić information content (AvgIpc) is 3.28. The van der Waals surface area contributed by atoms with Crippen LogP contribution in [0.5, 0.6) is 11.5 Å². The Morgan fingerprint density at radius 1 is 1.03 bits per heavy atom. The molecule has 0 aliphatic carbocycles. The Kier molecular flexibility index (Phi) is 6.93. The third-order valence-corrected chi connectivity index (χ3v) is 5.86. The van der Waals surface area contributed by atoms with Crippen LogP contribution in [0.15, 0.2) is 73.1 Å². The zero-order valence-electron chi connectivity index (χ0n) is 19.2. The first-order valence-electron chi connectivity index (χ1n) is 11.0. The largest absolute Gasteiger partial charge is 0.497 e. The van der Waals surface area contributed by atoms with Crippen LogP contribution in [-0.4, -0.2) is 36.1 Å². The van der Waals surface area contributed by atoms with Crippen LogP contribution in [-0.2, 0) is 11.2 Å². The van der Waals surface area contributed by atoms with Crippen LogP contribution >= 0.6 is 0 Å². The summed E-state index contributed by atoms with van der Waals surface area (Å²) >= 11 is 0. The lowest BCUT2D eigenvalue weighted by Gasteiger charge is -2.19. The fourth-order valence-corrected chi connectivity index (χ4v) is 4.10. The predicted molar refractivity (Wildman–Crippen MR) is 129 cm³/mol. The van der Waals surface area contributed by atoms with Crippen molar-refractivity contribution in [2.24, 2.45) is 0 Å². The van der Waals surface area contributed by atoms with E-state index < -0.39 is 0 Å². The summed E-state index contributed by atoms with van der Waals surface area (Å²) in [4.78, 5) is 17.6. The van der Waals surface area contributed by atoms with Gasteiger partial charge in [0.2, 0.25) is 5.91 Å². The third-order valence-electron chi connectivity index (χ3n) is 5.86. The molecule has 1 unspecified atom stereocenters. The van der Waals surface area contributed by atoms with E-state index in [1.165, 1.54) is 5.56 Å². The number of nitrogens with zero attached hydrogens (tertiary/aromatic N) is 2. The van der Waals surface area contributed by atoms with Gasteiger partial charge in [-0.3, -0.25) is 4.79 Å². The number of benzene rings is 2. The molecule has 2 aromatic heterocycles. The maximum Gasteiger partial charge on any atom is 0.221 e. The lowest BCUT2D eigenvalue weighted by atomic mass is 9.91. The number of methoxy groups -OCH3 is 2. The van der Waals surface area contributed by atoms with Gasteiger partial charge in [-0.25, -0.2) is 4.98 Å². The number of aromatic nitrogens is 2. The number of imidazole rings is 1. The fraction of sp³-hybridized carbons (Fsp3) is 0.259. The number of hydrogen-bond acceptors (Lipinski definition) is 4. The minimum atomic E-state index is -0.220. The first-order chi connectivity index (χ1) is 16.1. The summed E-state index contributed by atoms with van der Waals surface area (Å²) in [5.41, 5.74) is 5.05. The van der Waals surface area contributed by atoms with E-state index in [4.69, 9.17) is 9.47 Å². The van der Waals surface area contributed by atoms with Crippen LogP contribution < -0.4 is 14.8 Å². The molecule has 1 atom stereocenters. The van der Waals surface area contributed by atoms with Gasteiger partial charge in [-0.1, -0.05) is 36.4 Å². The normalized spacial score (nSPS) is 11.8. The molecule has 0 saturated heterocycles. The van der Waals surface area contributed by atoms with E-state index >= 15 is 0 Å². The summed E-state index contributed by atoms with van der Waals surface area (Å²) in [6, 6.07) is 19.9. The molecular weight excluding hydrogens is 414 g/mol. The van der Waals surface area contributed by atoms with E-state index in [1.54, 1.807) is 14.2 Å². The molecule has 0 radical (unpaired) electrons. The van der Waals surface area contributed by atoms with Crippen LogP contribution in [0.1, 0.15) is 34.7 Å². The van der Waals surface area contributed by atoms with Crippen molar-refractivity contribution in [3.05, 3.63) is 95.4 Å². The second-order valence-corrected chi connectivity index (χ2v) is 8.06. The van der Waals surface area contributed by atoms with Crippen molar-refractivity contribution < 1.29 is 14.3 Å². The number of carbonyl (C=O) groups is 1. The summed E-state index contributed by atoms with van der Waals surface area (Å²) in [5.74, 6) is 1.13. The maximum atomic E-state index is 13.0. The molecule has 1 amide bonds. The first kappa shape index (κ1) is 22.4. The summed E-state index contributed by atoms with van der Waals surface area (Å²) in [5, 5.41) is 3.08. The molecule has 2 heterocycles. The molecule has 4 aromatic rings. The van der Waals surface area contributed by atoms with Crippen molar-refractivity contribution in [3.63, 3.8) is 0 Å².